The number of rotatable bonds is 7. The minimum atomic E-state index is -1.96. The third-order valence-electron chi connectivity index (χ3n) is 5.82. The van der Waals surface area contributed by atoms with Crippen molar-refractivity contribution in [1.29, 1.82) is 0 Å². The van der Waals surface area contributed by atoms with Crippen LogP contribution < -0.4 is 4.43 Å². The van der Waals surface area contributed by atoms with E-state index >= 15 is 0 Å². The van der Waals surface area contributed by atoms with Gasteiger partial charge in [-0.05, 0) is 48.3 Å². The highest BCUT2D eigenvalue weighted by molar-refractivity contribution is 7.13. The first-order valence-electron chi connectivity index (χ1n) is 10.7. The first-order chi connectivity index (χ1) is 15.0. The van der Waals surface area contributed by atoms with Crippen molar-refractivity contribution in [3.05, 3.63) is 70.7 Å². The predicted molar refractivity (Wildman–Crippen MR) is 132 cm³/mol. The van der Waals surface area contributed by atoms with Crippen molar-refractivity contribution >= 4 is 25.6 Å². The third kappa shape index (κ3) is 5.46. The van der Waals surface area contributed by atoms with Gasteiger partial charge in [-0.1, -0.05) is 57.2 Å². The van der Waals surface area contributed by atoms with E-state index in [-0.39, 0.29) is 5.04 Å². The standard InChI is InChI=1S/C25H31NO4SSi/c1-7-29-24(28)21-16-31-23(26-21)18-13-11-17(12-14-18)22(27)19-9-8-10-20(15-19)30-32(5,6)25(2,3)4/h8-16,22,27H,7H2,1-6H3. The summed E-state index contributed by atoms with van der Waals surface area (Å²) in [6.45, 7) is 13.1. The van der Waals surface area contributed by atoms with Crippen LogP contribution >= 0.6 is 11.3 Å². The van der Waals surface area contributed by atoms with Crippen molar-refractivity contribution in [3.63, 3.8) is 0 Å². The Balaban J connectivity index is 1.76. The molecule has 0 aliphatic heterocycles. The molecule has 2 aromatic carbocycles. The topological polar surface area (TPSA) is 68.7 Å². The Kier molecular flexibility index (Phi) is 7.22. The molecule has 170 valence electrons. The van der Waals surface area contributed by atoms with Crippen LogP contribution in [0.15, 0.2) is 53.9 Å². The van der Waals surface area contributed by atoms with E-state index in [0.717, 1.165) is 27.4 Å². The third-order valence-corrected chi connectivity index (χ3v) is 11.1. The van der Waals surface area contributed by atoms with Crippen LogP contribution in [0.2, 0.25) is 18.1 Å². The van der Waals surface area contributed by atoms with E-state index in [9.17, 15) is 9.90 Å². The molecular weight excluding hydrogens is 438 g/mol. The molecule has 7 heteroatoms. The van der Waals surface area contributed by atoms with E-state index < -0.39 is 20.4 Å². The molecule has 0 saturated carbocycles. The summed E-state index contributed by atoms with van der Waals surface area (Å²) in [4.78, 5) is 16.2. The van der Waals surface area contributed by atoms with Gasteiger partial charge in [0.2, 0.25) is 8.32 Å². The highest BCUT2D eigenvalue weighted by Gasteiger charge is 2.39. The fourth-order valence-corrected chi connectivity index (χ4v) is 4.72. The molecule has 0 spiro atoms. The maximum Gasteiger partial charge on any atom is 0.357 e. The zero-order valence-electron chi connectivity index (χ0n) is 19.5. The highest BCUT2D eigenvalue weighted by Crippen LogP contribution is 2.38. The Morgan fingerprint density at radius 3 is 2.44 bits per heavy atom. The summed E-state index contributed by atoms with van der Waals surface area (Å²) in [6, 6.07) is 15.3. The summed E-state index contributed by atoms with van der Waals surface area (Å²) in [6.07, 6.45) is -0.765. The summed E-state index contributed by atoms with van der Waals surface area (Å²) >= 11 is 1.39. The lowest BCUT2D eigenvalue weighted by Gasteiger charge is -2.36. The predicted octanol–water partition coefficient (Wildman–Crippen LogP) is 6.45. The van der Waals surface area contributed by atoms with Gasteiger partial charge in [-0.25, -0.2) is 9.78 Å². The number of benzene rings is 2. The molecule has 1 heterocycles. The number of thiazole rings is 1. The molecule has 1 N–H and O–H groups in total. The van der Waals surface area contributed by atoms with Gasteiger partial charge >= 0.3 is 5.97 Å². The molecule has 0 aliphatic carbocycles. The van der Waals surface area contributed by atoms with Crippen molar-refractivity contribution in [2.75, 3.05) is 6.61 Å². The van der Waals surface area contributed by atoms with Crippen LogP contribution in [0.1, 0.15) is 55.4 Å². The van der Waals surface area contributed by atoms with Gasteiger partial charge < -0.3 is 14.3 Å². The van der Waals surface area contributed by atoms with Crippen molar-refractivity contribution in [2.45, 2.75) is 51.9 Å². The summed E-state index contributed by atoms with van der Waals surface area (Å²) in [5, 5.41) is 13.5. The lowest BCUT2D eigenvalue weighted by Crippen LogP contribution is -2.43. The van der Waals surface area contributed by atoms with E-state index in [1.807, 2.05) is 48.5 Å². The van der Waals surface area contributed by atoms with Crippen LogP contribution in [0.3, 0.4) is 0 Å². The van der Waals surface area contributed by atoms with Gasteiger partial charge in [0.15, 0.2) is 5.69 Å². The van der Waals surface area contributed by atoms with Crippen LogP contribution in [0.4, 0.5) is 0 Å². The zero-order chi connectivity index (χ0) is 23.5. The number of carbonyl (C=O) groups excluding carboxylic acids is 1. The van der Waals surface area contributed by atoms with Gasteiger partial charge in [0.25, 0.3) is 0 Å². The largest absolute Gasteiger partial charge is 0.543 e. The fourth-order valence-electron chi connectivity index (χ4n) is 2.90. The number of esters is 1. The van der Waals surface area contributed by atoms with Crippen LogP contribution in [0.25, 0.3) is 10.6 Å². The fraction of sp³-hybridized carbons (Fsp3) is 0.360. The van der Waals surface area contributed by atoms with E-state index in [1.54, 1.807) is 12.3 Å². The minimum Gasteiger partial charge on any atom is -0.543 e. The quantitative estimate of drug-likeness (QED) is 0.318. The van der Waals surface area contributed by atoms with E-state index in [4.69, 9.17) is 9.16 Å². The molecule has 32 heavy (non-hydrogen) atoms. The minimum absolute atomic E-state index is 0.0976. The van der Waals surface area contributed by atoms with Crippen LogP contribution in [0, 0.1) is 0 Å². The number of ether oxygens (including phenoxy) is 1. The Bertz CT molecular complexity index is 1070. The molecular formula is C25H31NO4SSi. The van der Waals surface area contributed by atoms with Gasteiger partial charge in [-0.15, -0.1) is 11.3 Å². The first-order valence-corrected chi connectivity index (χ1v) is 14.5. The highest BCUT2D eigenvalue weighted by atomic mass is 32.1. The number of hydrogen-bond acceptors (Lipinski definition) is 6. The molecule has 0 fully saturated rings. The molecule has 3 aromatic rings. The molecule has 1 aromatic heterocycles. The lowest BCUT2D eigenvalue weighted by molar-refractivity contribution is 0.0520. The zero-order valence-corrected chi connectivity index (χ0v) is 21.3. The SMILES string of the molecule is CCOC(=O)c1csc(-c2ccc(C(O)c3cccc(O[Si](C)(C)C(C)(C)C)c3)cc2)n1. The number of hydrogen-bond donors (Lipinski definition) is 1. The van der Waals surface area contributed by atoms with E-state index in [1.165, 1.54) is 11.3 Å². The Morgan fingerprint density at radius 1 is 1.12 bits per heavy atom. The van der Waals surface area contributed by atoms with Crippen molar-refractivity contribution in [3.8, 4) is 16.3 Å². The molecule has 0 bridgehead atoms. The normalized spacial score (nSPS) is 13.0. The molecule has 0 saturated heterocycles. The second-order valence-corrected chi connectivity index (χ2v) is 14.8. The van der Waals surface area contributed by atoms with Gasteiger partial charge in [-0.3, -0.25) is 0 Å². The summed E-state index contributed by atoms with van der Waals surface area (Å²) < 4.78 is 11.4. The van der Waals surface area contributed by atoms with Crippen molar-refractivity contribution in [2.24, 2.45) is 0 Å². The Labute approximate surface area is 195 Å². The number of carbonyl (C=O) groups is 1. The lowest BCUT2D eigenvalue weighted by atomic mass is 10.0. The molecule has 1 unspecified atom stereocenters. The number of aliphatic hydroxyl groups is 1. The second kappa shape index (κ2) is 9.56. The smallest absolute Gasteiger partial charge is 0.357 e. The van der Waals surface area contributed by atoms with Crippen molar-refractivity contribution < 1.29 is 19.1 Å². The second-order valence-electron chi connectivity index (χ2n) is 9.22. The van der Waals surface area contributed by atoms with E-state index in [2.05, 4.69) is 38.8 Å². The molecule has 0 amide bonds. The summed E-state index contributed by atoms with van der Waals surface area (Å²) in [5.41, 5.74) is 2.76. The van der Waals surface area contributed by atoms with Gasteiger partial charge in [0, 0.05) is 10.9 Å². The number of aliphatic hydroxyl groups excluding tert-OH is 1. The van der Waals surface area contributed by atoms with Crippen LogP contribution in [0.5, 0.6) is 5.75 Å². The molecule has 3 rings (SSSR count). The molecule has 1 atom stereocenters. The molecule has 5 nitrogen and oxygen atoms in total. The van der Waals surface area contributed by atoms with Crippen molar-refractivity contribution in [1.82, 2.24) is 4.98 Å². The Morgan fingerprint density at radius 2 is 1.81 bits per heavy atom. The van der Waals surface area contributed by atoms with Crippen LogP contribution in [-0.2, 0) is 4.74 Å². The van der Waals surface area contributed by atoms with Gasteiger partial charge in [-0.2, -0.15) is 0 Å². The maximum atomic E-state index is 11.8. The summed E-state index contributed by atoms with van der Waals surface area (Å²) in [5.74, 6) is 0.376. The van der Waals surface area contributed by atoms with E-state index in [0.29, 0.717) is 12.3 Å². The van der Waals surface area contributed by atoms with Crippen LogP contribution in [-0.4, -0.2) is 31.0 Å². The average molecular weight is 470 g/mol. The first kappa shape index (κ1) is 24.2. The molecule has 0 radical (unpaired) electrons. The van der Waals surface area contributed by atoms with Gasteiger partial charge in [0.05, 0.1) is 6.61 Å². The average Bonchev–Trinajstić information content (AvgIpc) is 3.23. The van der Waals surface area contributed by atoms with Gasteiger partial charge in [0.1, 0.15) is 16.9 Å². The maximum absolute atomic E-state index is 11.8. The summed E-state index contributed by atoms with van der Waals surface area (Å²) in [7, 11) is -1.96. The number of aromatic nitrogens is 1. The number of nitrogens with zero attached hydrogens (tertiary/aromatic N) is 1. The monoisotopic (exact) mass is 469 g/mol. The Hall–Kier alpha value is -2.48. The molecule has 0 aliphatic rings.